The molecule has 0 saturated heterocycles. The van der Waals surface area contributed by atoms with E-state index in [1.807, 2.05) is 0 Å². The number of aliphatic hydroxyl groups excluding tert-OH is 1. The number of hydrogen-bond donors (Lipinski definition) is 2. The minimum absolute atomic E-state index is 0.356. The second-order valence-electron chi connectivity index (χ2n) is 4.35. The normalized spacial score (nSPS) is 12.7. The van der Waals surface area contributed by atoms with E-state index in [-0.39, 0.29) is 6.10 Å². The number of aryl methyl sites for hydroxylation is 2. The fraction of sp³-hybridized carbons (Fsp3) is 0.571. The van der Waals surface area contributed by atoms with Crippen molar-refractivity contribution in [3.8, 4) is 0 Å². The van der Waals surface area contributed by atoms with Gasteiger partial charge in [-0.05, 0) is 36.8 Å². The fourth-order valence-electron chi connectivity index (χ4n) is 1.70. The van der Waals surface area contributed by atoms with E-state index in [0.29, 0.717) is 6.54 Å². The van der Waals surface area contributed by atoms with Gasteiger partial charge in [0, 0.05) is 6.54 Å². The molecule has 0 aliphatic carbocycles. The van der Waals surface area contributed by atoms with Crippen LogP contribution < -0.4 is 5.73 Å². The molecule has 0 aliphatic rings. The minimum atomic E-state index is -0.361. The molecule has 0 spiro atoms. The topological polar surface area (TPSA) is 46.2 Å². The lowest BCUT2D eigenvalue weighted by molar-refractivity contribution is 0.173. The average Bonchev–Trinajstić information content (AvgIpc) is 2.34. The van der Waals surface area contributed by atoms with Crippen molar-refractivity contribution in [2.45, 2.75) is 45.1 Å². The lowest BCUT2D eigenvalue weighted by atomic mass is 10.0. The SMILES string of the molecule is CCCCc1ccc(CCC(O)CN)cc1. The van der Waals surface area contributed by atoms with Gasteiger partial charge in [-0.1, -0.05) is 37.6 Å². The Hall–Kier alpha value is -0.860. The van der Waals surface area contributed by atoms with Crippen molar-refractivity contribution in [1.82, 2.24) is 0 Å². The molecule has 16 heavy (non-hydrogen) atoms. The maximum absolute atomic E-state index is 9.36. The monoisotopic (exact) mass is 221 g/mol. The van der Waals surface area contributed by atoms with E-state index in [2.05, 4.69) is 31.2 Å². The maximum atomic E-state index is 9.36. The third-order valence-corrected chi connectivity index (χ3v) is 2.88. The number of nitrogens with two attached hydrogens (primary N) is 1. The highest BCUT2D eigenvalue weighted by Crippen LogP contribution is 2.10. The Kier molecular flexibility index (Phi) is 6.12. The first kappa shape index (κ1) is 13.2. The van der Waals surface area contributed by atoms with Crippen LogP contribution in [-0.4, -0.2) is 17.8 Å². The van der Waals surface area contributed by atoms with Gasteiger partial charge in [0.15, 0.2) is 0 Å². The van der Waals surface area contributed by atoms with E-state index < -0.39 is 0 Å². The van der Waals surface area contributed by atoms with Gasteiger partial charge in [-0.2, -0.15) is 0 Å². The smallest absolute Gasteiger partial charge is 0.0665 e. The standard InChI is InChI=1S/C14H23NO/c1-2-3-4-12-5-7-13(8-6-12)9-10-14(16)11-15/h5-8,14,16H,2-4,9-11,15H2,1H3. The molecule has 1 aromatic rings. The number of benzene rings is 1. The molecule has 0 heterocycles. The molecule has 1 atom stereocenters. The first-order valence-electron chi connectivity index (χ1n) is 6.22. The quantitative estimate of drug-likeness (QED) is 0.742. The lowest BCUT2D eigenvalue weighted by Gasteiger charge is -2.07. The molecule has 0 aliphatic heterocycles. The van der Waals surface area contributed by atoms with Gasteiger partial charge < -0.3 is 10.8 Å². The molecule has 0 bridgehead atoms. The van der Waals surface area contributed by atoms with Gasteiger partial charge in [0.1, 0.15) is 0 Å². The molecule has 0 radical (unpaired) electrons. The summed E-state index contributed by atoms with van der Waals surface area (Å²) in [5.74, 6) is 0. The second kappa shape index (κ2) is 7.42. The Labute approximate surface area is 98.5 Å². The molecule has 1 aromatic carbocycles. The molecular formula is C14H23NO. The van der Waals surface area contributed by atoms with Crippen LogP contribution in [0.5, 0.6) is 0 Å². The Bertz CT molecular complexity index is 281. The Morgan fingerprint density at radius 3 is 2.19 bits per heavy atom. The third-order valence-electron chi connectivity index (χ3n) is 2.88. The molecule has 0 aromatic heterocycles. The highest BCUT2D eigenvalue weighted by Gasteiger charge is 2.01. The predicted octanol–water partition coefficient (Wildman–Crippen LogP) is 2.28. The summed E-state index contributed by atoms with van der Waals surface area (Å²) in [5.41, 5.74) is 8.06. The zero-order chi connectivity index (χ0) is 11.8. The summed E-state index contributed by atoms with van der Waals surface area (Å²) in [7, 11) is 0. The molecule has 2 heteroatoms. The lowest BCUT2D eigenvalue weighted by Crippen LogP contribution is -2.20. The van der Waals surface area contributed by atoms with Crippen LogP contribution in [-0.2, 0) is 12.8 Å². The van der Waals surface area contributed by atoms with Crippen molar-refractivity contribution < 1.29 is 5.11 Å². The van der Waals surface area contributed by atoms with Crippen LogP contribution in [0.4, 0.5) is 0 Å². The van der Waals surface area contributed by atoms with Crippen molar-refractivity contribution in [3.63, 3.8) is 0 Å². The van der Waals surface area contributed by atoms with Crippen molar-refractivity contribution in [1.29, 1.82) is 0 Å². The third kappa shape index (κ3) is 4.77. The number of unbranched alkanes of at least 4 members (excludes halogenated alkanes) is 1. The van der Waals surface area contributed by atoms with Gasteiger partial charge in [-0.15, -0.1) is 0 Å². The zero-order valence-corrected chi connectivity index (χ0v) is 10.2. The average molecular weight is 221 g/mol. The van der Waals surface area contributed by atoms with Gasteiger partial charge in [0.2, 0.25) is 0 Å². The molecule has 90 valence electrons. The minimum Gasteiger partial charge on any atom is -0.392 e. The Morgan fingerprint density at radius 1 is 1.12 bits per heavy atom. The van der Waals surface area contributed by atoms with Gasteiger partial charge in [0.05, 0.1) is 6.10 Å². The molecule has 3 N–H and O–H groups in total. The summed E-state index contributed by atoms with van der Waals surface area (Å²) in [6.45, 7) is 2.57. The summed E-state index contributed by atoms with van der Waals surface area (Å²) in [6.07, 6.45) is 4.97. The predicted molar refractivity (Wildman–Crippen MR) is 68.4 cm³/mol. The van der Waals surface area contributed by atoms with Gasteiger partial charge in [-0.3, -0.25) is 0 Å². The molecule has 1 unspecified atom stereocenters. The van der Waals surface area contributed by atoms with Crippen molar-refractivity contribution >= 4 is 0 Å². The molecule has 0 fully saturated rings. The van der Waals surface area contributed by atoms with Crippen LogP contribution in [0.1, 0.15) is 37.3 Å². The van der Waals surface area contributed by atoms with E-state index in [4.69, 9.17) is 5.73 Å². The second-order valence-corrected chi connectivity index (χ2v) is 4.35. The molecule has 0 saturated carbocycles. The fourth-order valence-corrected chi connectivity index (χ4v) is 1.70. The first-order valence-corrected chi connectivity index (χ1v) is 6.22. The highest BCUT2D eigenvalue weighted by atomic mass is 16.3. The maximum Gasteiger partial charge on any atom is 0.0665 e. The Morgan fingerprint density at radius 2 is 1.69 bits per heavy atom. The molecular weight excluding hydrogens is 198 g/mol. The Balaban J connectivity index is 2.38. The van der Waals surface area contributed by atoms with E-state index in [9.17, 15) is 5.11 Å². The summed E-state index contributed by atoms with van der Waals surface area (Å²) in [4.78, 5) is 0. The molecule has 2 nitrogen and oxygen atoms in total. The van der Waals surface area contributed by atoms with Crippen molar-refractivity contribution in [2.75, 3.05) is 6.54 Å². The highest BCUT2D eigenvalue weighted by molar-refractivity contribution is 5.22. The van der Waals surface area contributed by atoms with Crippen LogP contribution in [0.3, 0.4) is 0 Å². The molecule has 0 amide bonds. The summed E-state index contributed by atoms with van der Waals surface area (Å²) in [5, 5.41) is 9.36. The van der Waals surface area contributed by atoms with Gasteiger partial charge in [0.25, 0.3) is 0 Å². The number of aliphatic hydroxyl groups is 1. The zero-order valence-electron chi connectivity index (χ0n) is 10.2. The first-order chi connectivity index (χ1) is 7.76. The van der Waals surface area contributed by atoms with Crippen LogP contribution in [0.2, 0.25) is 0 Å². The molecule has 1 rings (SSSR count). The van der Waals surface area contributed by atoms with E-state index >= 15 is 0 Å². The largest absolute Gasteiger partial charge is 0.392 e. The summed E-state index contributed by atoms with van der Waals surface area (Å²) in [6, 6.07) is 8.71. The van der Waals surface area contributed by atoms with Gasteiger partial charge in [-0.25, -0.2) is 0 Å². The summed E-state index contributed by atoms with van der Waals surface area (Å²) >= 11 is 0. The van der Waals surface area contributed by atoms with Crippen LogP contribution in [0, 0.1) is 0 Å². The van der Waals surface area contributed by atoms with Crippen molar-refractivity contribution in [3.05, 3.63) is 35.4 Å². The van der Waals surface area contributed by atoms with E-state index in [1.54, 1.807) is 0 Å². The van der Waals surface area contributed by atoms with Crippen LogP contribution in [0.25, 0.3) is 0 Å². The van der Waals surface area contributed by atoms with Crippen LogP contribution >= 0.6 is 0 Å². The van der Waals surface area contributed by atoms with E-state index in [1.165, 1.54) is 30.4 Å². The van der Waals surface area contributed by atoms with E-state index in [0.717, 1.165) is 12.8 Å². The van der Waals surface area contributed by atoms with Crippen molar-refractivity contribution in [2.24, 2.45) is 5.73 Å². The van der Waals surface area contributed by atoms with Crippen LogP contribution in [0.15, 0.2) is 24.3 Å². The summed E-state index contributed by atoms with van der Waals surface area (Å²) < 4.78 is 0. The number of rotatable bonds is 7. The van der Waals surface area contributed by atoms with Gasteiger partial charge >= 0.3 is 0 Å². The number of hydrogen-bond acceptors (Lipinski definition) is 2.